The number of aliphatic hydroxyl groups excluding tert-OH is 2. The predicted octanol–water partition coefficient (Wildman–Crippen LogP) is 2.44. The lowest BCUT2D eigenvalue weighted by molar-refractivity contribution is -0.00812. The van der Waals surface area contributed by atoms with Crippen LogP contribution < -0.4 is 5.73 Å². The third-order valence-electron chi connectivity index (χ3n) is 4.20. The van der Waals surface area contributed by atoms with Gasteiger partial charge in [-0.15, -0.1) is 0 Å². The third-order valence-corrected chi connectivity index (χ3v) is 4.20. The molecule has 0 unspecified atom stereocenters. The highest BCUT2D eigenvalue weighted by Crippen LogP contribution is 2.28. The fraction of sp³-hybridized carbons (Fsp3) is 1.00. The van der Waals surface area contributed by atoms with Crippen molar-refractivity contribution in [2.75, 3.05) is 0 Å². The van der Waals surface area contributed by atoms with Gasteiger partial charge in [-0.3, -0.25) is 0 Å². The van der Waals surface area contributed by atoms with Crippen LogP contribution in [-0.2, 0) is 0 Å². The molecule has 1 aliphatic carbocycles. The van der Waals surface area contributed by atoms with Gasteiger partial charge in [-0.25, -0.2) is 0 Å². The topological polar surface area (TPSA) is 66.5 Å². The molecule has 0 aromatic heterocycles. The molecule has 108 valence electrons. The fourth-order valence-electron chi connectivity index (χ4n) is 2.91. The first-order valence-corrected chi connectivity index (χ1v) is 7.62. The molecule has 0 aromatic carbocycles. The van der Waals surface area contributed by atoms with Gasteiger partial charge >= 0.3 is 0 Å². The highest BCUT2D eigenvalue weighted by molar-refractivity contribution is 4.82. The molecule has 0 amide bonds. The molecule has 3 heteroatoms. The Bertz CT molecular complexity index is 215. The van der Waals surface area contributed by atoms with E-state index < -0.39 is 12.2 Å². The van der Waals surface area contributed by atoms with Crippen molar-refractivity contribution in [3.05, 3.63) is 0 Å². The maximum atomic E-state index is 10.1. The van der Waals surface area contributed by atoms with Crippen LogP contribution >= 0.6 is 0 Å². The van der Waals surface area contributed by atoms with Gasteiger partial charge in [0.25, 0.3) is 0 Å². The van der Waals surface area contributed by atoms with E-state index in [1.54, 1.807) is 0 Å². The van der Waals surface area contributed by atoms with Gasteiger partial charge in [0.2, 0.25) is 0 Å². The largest absolute Gasteiger partial charge is 0.390 e. The van der Waals surface area contributed by atoms with Crippen LogP contribution in [0.1, 0.15) is 65.2 Å². The Morgan fingerprint density at radius 1 is 1.06 bits per heavy atom. The average Bonchev–Trinajstić information content (AvgIpc) is 2.36. The van der Waals surface area contributed by atoms with Crippen molar-refractivity contribution in [2.24, 2.45) is 17.6 Å². The molecule has 3 nitrogen and oxygen atoms in total. The van der Waals surface area contributed by atoms with Gasteiger partial charge in [0, 0.05) is 6.04 Å². The summed E-state index contributed by atoms with van der Waals surface area (Å²) >= 11 is 0. The van der Waals surface area contributed by atoms with E-state index in [0.29, 0.717) is 18.3 Å². The number of hydrogen-bond donors (Lipinski definition) is 3. The van der Waals surface area contributed by atoms with Crippen LogP contribution in [0.5, 0.6) is 0 Å². The van der Waals surface area contributed by atoms with Crippen LogP contribution in [0.3, 0.4) is 0 Å². The Labute approximate surface area is 112 Å². The summed E-state index contributed by atoms with van der Waals surface area (Å²) < 4.78 is 0. The maximum Gasteiger partial charge on any atom is 0.0949 e. The number of nitrogens with two attached hydrogens (primary N) is 1. The second kappa shape index (κ2) is 8.13. The standard InChI is InChI=1S/C15H31NO2/c1-11(2)8-9-14(17)15(18)13(16)10-12-6-4-3-5-7-12/h11-15,17-18H,3-10,16H2,1-2H3/t13-,14-,15+/m0/s1. The molecule has 0 spiro atoms. The van der Waals surface area contributed by atoms with Crippen molar-refractivity contribution >= 4 is 0 Å². The zero-order chi connectivity index (χ0) is 13.5. The van der Waals surface area contributed by atoms with Crippen molar-refractivity contribution in [1.82, 2.24) is 0 Å². The van der Waals surface area contributed by atoms with Crippen molar-refractivity contribution in [2.45, 2.75) is 83.5 Å². The predicted molar refractivity (Wildman–Crippen MR) is 75.3 cm³/mol. The summed E-state index contributed by atoms with van der Waals surface area (Å²) in [6.45, 7) is 4.25. The zero-order valence-corrected chi connectivity index (χ0v) is 12.0. The molecule has 0 bridgehead atoms. The number of rotatable bonds is 7. The third kappa shape index (κ3) is 5.68. The van der Waals surface area contributed by atoms with E-state index in [0.717, 1.165) is 12.8 Å². The lowest BCUT2D eigenvalue weighted by Gasteiger charge is -2.29. The van der Waals surface area contributed by atoms with Gasteiger partial charge in [-0.05, 0) is 31.1 Å². The molecule has 0 saturated heterocycles. The Morgan fingerprint density at radius 2 is 1.67 bits per heavy atom. The molecule has 1 fully saturated rings. The molecule has 1 saturated carbocycles. The van der Waals surface area contributed by atoms with Crippen LogP contribution in [0.15, 0.2) is 0 Å². The molecule has 1 aliphatic rings. The minimum atomic E-state index is -0.759. The summed E-state index contributed by atoms with van der Waals surface area (Å²) in [6, 6.07) is -0.268. The summed E-state index contributed by atoms with van der Waals surface area (Å²) in [5, 5.41) is 20.0. The lowest BCUT2D eigenvalue weighted by atomic mass is 9.83. The average molecular weight is 257 g/mol. The van der Waals surface area contributed by atoms with Gasteiger partial charge in [0.1, 0.15) is 0 Å². The maximum absolute atomic E-state index is 10.1. The van der Waals surface area contributed by atoms with E-state index in [9.17, 15) is 10.2 Å². The summed E-state index contributed by atoms with van der Waals surface area (Å²) in [5.41, 5.74) is 6.05. The molecule has 18 heavy (non-hydrogen) atoms. The first kappa shape index (κ1) is 15.9. The lowest BCUT2D eigenvalue weighted by Crippen LogP contribution is -2.44. The Morgan fingerprint density at radius 3 is 2.22 bits per heavy atom. The van der Waals surface area contributed by atoms with Crippen LogP contribution in [0.4, 0.5) is 0 Å². The molecule has 0 aliphatic heterocycles. The summed E-state index contributed by atoms with van der Waals surface area (Å²) in [4.78, 5) is 0. The first-order valence-electron chi connectivity index (χ1n) is 7.62. The van der Waals surface area contributed by atoms with Crippen molar-refractivity contribution in [3.8, 4) is 0 Å². The second-order valence-electron chi connectivity index (χ2n) is 6.43. The first-order chi connectivity index (χ1) is 8.50. The van der Waals surface area contributed by atoms with E-state index in [-0.39, 0.29) is 6.04 Å². The van der Waals surface area contributed by atoms with Crippen LogP contribution in [-0.4, -0.2) is 28.5 Å². The highest BCUT2D eigenvalue weighted by atomic mass is 16.3. The Kier molecular flexibility index (Phi) is 7.20. The number of aliphatic hydroxyl groups is 2. The van der Waals surface area contributed by atoms with Crippen LogP contribution in [0, 0.1) is 11.8 Å². The Balaban J connectivity index is 2.27. The SMILES string of the molecule is CC(C)CC[C@H](O)[C@H](O)[C@@H](N)CC1CCCCC1. The quantitative estimate of drug-likeness (QED) is 0.656. The summed E-state index contributed by atoms with van der Waals surface area (Å²) in [7, 11) is 0. The molecular weight excluding hydrogens is 226 g/mol. The van der Waals surface area contributed by atoms with Crippen molar-refractivity contribution in [3.63, 3.8) is 0 Å². The number of hydrogen-bond acceptors (Lipinski definition) is 3. The zero-order valence-electron chi connectivity index (χ0n) is 12.0. The van der Waals surface area contributed by atoms with Gasteiger partial charge in [0.05, 0.1) is 12.2 Å². The van der Waals surface area contributed by atoms with Gasteiger partial charge < -0.3 is 15.9 Å². The van der Waals surface area contributed by atoms with E-state index >= 15 is 0 Å². The minimum Gasteiger partial charge on any atom is -0.390 e. The van der Waals surface area contributed by atoms with Crippen LogP contribution in [0.2, 0.25) is 0 Å². The Hall–Kier alpha value is -0.120. The molecule has 4 N–H and O–H groups in total. The summed E-state index contributed by atoms with van der Waals surface area (Å²) in [5.74, 6) is 1.21. The van der Waals surface area contributed by atoms with Gasteiger partial charge in [-0.1, -0.05) is 46.0 Å². The molecule has 0 aromatic rings. The van der Waals surface area contributed by atoms with E-state index in [4.69, 9.17) is 5.73 Å². The fourth-order valence-corrected chi connectivity index (χ4v) is 2.91. The molecule has 1 rings (SSSR count). The van der Waals surface area contributed by atoms with Crippen molar-refractivity contribution < 1.29 is 10.2 Å². The minimum absolute atomic E-state index is 0.268. The smallest absolute Gasteiger partial charge is 0.0949 e. The summed E-state index contributed by atoms with van der Waals surface area (Å²) in [6.07, 6.45) is 7.44. The van der Waals surface area contributed by atoms with Gasteiger partial charge in [-0.2, -0.15) is 0 Å². The molecule has 3 atom stereocenters. The van der Waals surface area contributed by atoms with Crippen LogP contribution in [0.25, 0.3) is 0 Å². The van der Waals surface area contributed by atoms with E-state index in [1.807, 2.05) is 0 Å². The van der Waals surface area contributed by atoms with E-state index in [2.05, 4.69) is 13.8 Å². The second-order valence-corrected chi connectivity index (χ2v) is 6.43. The van der Waals surface area contributed by atoms with E-state index in [1.165, 1.54) is 32.1 Å². The molecule has 0 heterocycles. The molecule has 0 radical (unpaired) electrons. The highest BCUT2D eigenvalue weighted by Gasteiger charge is 2.26. The van der Waals surface area contributed by atoms with Crippen molar-refractivity contribution in [1.29, 1.82) is 0 Å². The monoisotopic (exact) mass is 257 g/mol. The normalized spacial score (nSPS) is 23.0. The molecular formula is C15H31NO2. The van der Waals surface area contributed by atoms with Gasteiger partial charge in [0.15, 0.2) is 0 Å².